The van der Waals surface area contributed by atoms with Gasteiger partial charge in [0, 0.05) is 0 Å². The first-order valence-electron chi connectivity index (χ1n) is 8.29. The fourth-order valence-corrected chi connectivity index (χ4v) is 3.05. The van der Waals surface area contributed by atoms with Gasteiger partial charge in [-0.05, 0) is 35.4 Å². The highest BCUT2D eigenvalue weighted by Gasteiger charge is 1.99. The third kappa shape index (κ3) is 3.09. The second kappa shape index (κ2) is 6.71. The molecule has 0 spiro atoms. The molecule has 4 heteroatoms. The second-order valence-electron chi connectivity index (χ2n) is 5.97. The average molecular weight is 308 g/mol. The molecule has 0 radical (unpaired) electrons. The highest BCUT2D eigenvalue weighted by atomic mass is 14.8. The van der Waals surface area contributed by atoms with Gasteiger partial charge in [-0.2, -0.15) is 23.8 Å². The summed E-state index contributed by atoms with van der Waals surface area (Å²) in [6.07, 6.45) is 8.39. The van der Waals surface area contributed by atoms with Crippen LogP contribution in [0.2, 0.25) is 0 Å². The zero-order chi connectivity index (χ0) is 16.2. The van der Waals surface area contributed by atoms with Crippen molar-refractivity contribution in [3.8, 4) is 11.1 Å². The Morgan fingerprint density at radius 1 is 0.458 bits per heavy atom. The van der Waals surface area contributed by atoms with Crippen LogP contribution >= 0.6 is 0 Å². The number of nitrogens with zero attached hydrogens (tertiary/aromatic N) is 2. The van der Waals surface area contributed by atoms with Gasteiger partial charge in [0.2, 0.25) is 13.0 Å². The van der Waals surface area contributed by atoms with E-state index in [0.717, 1.165) is 0 Å². The molecule has 4 aromatic rings. The van der Waals surface area contributed by atoms with Crippen molar-refractivity contribution in [2.75, 3.05) is 0 Å². The molecular formula is C20H18B2N2. The molecule has 114 valence electrons. The quantitative estimate of drug-likeness (QED) is 0.550. The summed E-state index contributed by atoms with van der Waals surface area (Å²) in [5.41, 5.74) is 2.51. The van der Waals surface area contributed by atoms with Gasteiger partial charge in [-0.15, -0.1) is 0 Å². The van der Waals surface area contributed by atoms with Crippen LogP contribution in [0.25, 0.3) is 11.1 Å². The van der Waals surface area contributed by atoms with Gasteiger partial charge in [-0.25, -0.2) is 0 Å². The van der Waals surface area contributed by atoms with E-state index in [9.17, 15) is 0 Å². The van der Waals surface area contributed by atoms with E-state index in [4.69, 9.17) is 0 Å². The Hall–Kier alpha value is -2.87. The first-order chi connectivity index (χ1) is 11.9. The zero-order valence-corrected chi connectivity index (χ0v) is 13.4. The van der Waals surface area contributed by atoms with E-state index in [1.54, 1.807) is 0 Å². The molecule has 0 aromatic carbocycles. The largest absolute Gasteiger partial charge is 0.432 e. The summed E-state index contributed by atoms with van der Waals surface area (Å²) in [5, 5.41) is 0. The molecule has 4 heterocycles. The topological polar surface area (TPSA) is 7.76 Å². The maximum absolute atomic E-state index is 2.24. The van der Waals surface area contributed by atoms with Gasteiger partial charge >= 0.3 is 0 Å². The van der Waals surface area contributed by atoms with Crippen molar-refractivity contribution in [1.82, 2.24) is 0 Å². The predicted octanol–water partition coefficient (Wildman–Crippen LogP) is 2.60. The maximum Gasteiger partial charge on any atom is 0.221 e. The van der Waals surface area contributed by atoms with Crippen LogP contribution < -0.4 is 8.96 Å². The van der Waals surface area contributed by atoms with Gasteiger partial charge in [0.15, 0.2) is 0 Å². The lowest BCUT2D eigenvalue weighted by molar-refractivity contribution is -0.530. The Balaban J connectivity index is 1.60. The molecule has 0 unspecified atom stereocenters. The van der Waals surface area contributed by atoms with Gasteiger partial charge in [-0.1, -0.05) is 36.4 Å². The van der Waals surface area contributed by atoms with Gasteiger partial charge < -0.3 is 8.96 Å². The van der Waals surface area contributed by atoms with Crippen molar-refractivity contribution in [3.63, 3.8) is 0 Å². The van der Waals surface area contributed by atoms with Crippen molar-refractivity contribution in [1.29, 1.82) is 0 Å². The molecule has 0 fully saturated rings. The molecule has 0 amide bonds. The Morgan fingerprint density at radius 3 is 1.12 bits per heavy atom. The van der Waals surface area contributed by atoms with Gasteiger partial charge in [-0.3, -0.25) is 0 Å². The van der Waals surface area contributed by atoms with Crippen molar-refractivity contribution < 1.29 is 8.96 Å². The van der Waals surface area contributed by atoms with Crippen molar-refractivity contribution >= 4 is 13.0 Å². The standard InChI is InChI=1S/C20H18B2N2/c1-3-15-23(16-4-1)21-11-7-19(8-12-21)20-9-13-22(14-10-20)24-17-5-2-6-18-24/h1-18H. The molecule has 0 saturated heterocycles. The molecule has 0 saturated carbocycles. The highest BCUT2D eigenvalue weighted by molar-refractivity contribution is 6.41. The summed E-state index contributed by atoms with van der Waals surface area (Å²) in [6, 6.07) is 21.2. The van der Waals surface area contributed by atoms with E-state index in [-0.39, 0.29) is 0 Å². The lowest BCUT2D eigenvalue weighted by atomic mass is 9.75. The monoisotopic (exact) mass is 308 g/mol. The van der Waals surface area contributed by atoms with Crippen LogP contribution in [-0.2, 0) is 0 Å². The highest BCUT2D eigenvalue weighted by Crippen LogP contribution is 2.16. The van der Waals surface area contributed by atoms with Crippen LogP contribution in [0.1, 0.15) is 0 Å². The summed E-state index contributed by atoms with van der Waals surface area (Å²) in [6.45, 7) is 0.583. The van der Waals surface area contributed by atoms with Crippen LogP contribution in [0, 0.1) is 0 Å². The van der Waals surface area contributed by atoms with E-state index in [0.29, 0.717) is 13.0 Å². The molecule has 0 aliphatic heterocycles. The molecule has 0 atom stereocenters. The summed E-state index contributed by atoms with van der Waals surface area (Å²) in [4.78, 5) is 0. The van der Waals surface area contributed by atoms with E-state index < -0.39 is 0 Å². The lowest BCUT2D eigenvalue weighted by Crippen LogP contribution is -2.41. The molecule has 0 aliphatic rings. The normalized spacial score (nSPS) is 10.5. The Kier molecular flexibility index (Phi) is 4.11. The van der Waals surface area contributed by atoms with Crippen LogP contribution in [0.4, 0.5) is 0 Å². The minimum atomic E-state index is 0.291. The number of rotatable bonds is 3. The third-order valence-corrected chi connectivity index (χ3v) is 4.39. The molecule has 0 bridgehead atoms. The van der Waals surface area contributed by atoms with Crippen molar-refractivity contribution in [2.24, 2.45) is 0 Å². The van der Waals surface area contributed by atoms with Gasteiger partial charge in [0.05, 0.1) is 0 Å². The van der Waals surface area contributed by atoms with Gasteiger partial charge in [0.1, 0.15) is 24.8 Å². The van der Waals surface area contributed by atoms with E-state index in [1.165, 1.54) is 11.1 Å². The van der Waals surface area contributed by atoms with Crippen LogP contribution in [0.5, 0.6) is 0 Å². The number of aromatic nitrogens is 2. The fraction of sp³-hybridized carbons (Fsp3) is 0. The van der Waals surface area contributed by atoms with E-state index >= 15 is 0 Å². The maximum atomic E-state index is 2.24. The van der Waals surface area contributed by atoms with Crippen LogP contribution in [-0.4, -0.2) is 13.0 Å². The SMILES string of the molecule is c1cc[n+](-[b-]2ccc(-c3cc[b-](-[n+]4ccccc4)cc3)cc2)cc1. The van der Waals surface area contributed by atoms with E-state index in [1.807, 2.05) is 12.1 Å². The smallest absolute Gasteiger partial charge is 0.221 e. The molecule has 24 heavy (non-hydrogen) atoms. The minimum Gasteiger partial charge on any atom is -0.432 e. The lowest BCUT2D eigenvalue weighted by Gasteiger charge is -2.11. The Bertz CT molecular complexity index is 842. The predicted molar refractivity (Wildman–Crippen MR) is 98.6 cm³/mol. The van der Waals surface area contributed by atoms with Crippen LogP contribution in [0.3, 0.4) is 0 Å². The molecule has 0 N–H and O–H groups in total. The number of hydrogen-bond acceptors (Lipinski definition) is 0. The molecule has 0 aliphatic carbocycles. The first-order valence-corrected chi connectivity index (χ1v) is 8.29. The third-order valence-electron chi connectivity index (χ3n) is 4.39. The average Bonchev–Trinajstić information content (AvgIpc) is 2.70. The number of pyridine rings is 2. The summed E-state index contributed by atoms with van der Waals surface area (Å²) >= 11 is 0. The molecular weight excluding hydrogens is 290 g/mol. The summed E-state index contributed by atoms with van der Waals surface area (Å²) < 4.78 is 4.39. The molecule has 4 aromatic heterocycles. The fourth-order valence-electron chi connectivity index (χ4n) is 3.05. The number of hydrogen-bond donors (Lipinski definition) is 0. The minimum absolute atomic E-state index is 0.291. The van der Waals surface area contributed by atoms with Crippen LogP contribution in [0.15, 0.2) is 109 Å². The second-order valence-corrected chi connectivity index (χ2v) is 5.97. The van der Waals surface area contributed by atoms with Crippen molar-refractivity contribution in [2.45, 2.75) is 0 Å². The zero-order valence-electron chi connectivity index (χ0n) is 13.4. The Morgan fingerprint density at radius 2 is 0.792 bits per heavy atom. The van der Waals surface area contributed by atoms with E-state index in [2.05, 4.69) is 106 Å². The summed E-state index contributed by atoms with van der Waals surface area (Å²) in [5.74, 6) is 8.95. The molecule has 4 rings (SSSR count). The summed E-state index contributed by atoms with van der Waals surface area (Å²) in [7, 11) is 0. The Labute approximate surface area is 142 Å². The van der Waals surface area contributed by atoms with Crippen molar-refractivity contribution in [3.05, 3.63) is 109 Å². The van der Waals surface area contributed by atoms with Gasteiger partial charge in [0.25, 0.3) is 0 Å². The first kappa shape index (κ1) is 14.7. The molecule has 2 nitrogen and oxygen atoms in total.